The summed E-state index contributed by atoms with van der Waals surface area (Å²) < 4.78 is 5.18. The summed E-state index contributed by atoms with van der Waals surface area (Å²) in [6.45, 7) is 0.599. The number of nitrogens with one attached hydrogen (secondary N) is 2. The van der Waals surface area contributed by atoms with Crippen molar-refractivity contribution in [2.45, 2.75) is 12.5 Å². The van der Waals surface area contributed by atoms with Crippen LogP contribution in [0.25, 0.3) is 10.6 Å². The monoisotopic (exact) mass is 317 g/mol. The molecule has 3 rings (SSSR count). The van der Waals surface area contributed by atoms with E-state index in [2.05, 4.69) is 15.6 Å². The zero-order valence-corrected chi connectivity index (χ0v) is 12.8. The summed E-state index contributed by atoms with van der Waals surface area (Å²) in [5, 5.41) is 6.15. The number of benzene rings is 1. The van der Waals surface area contributed by atoms with E-state index in [1.165, 1.54) is 17.5 Å². The fourth-order valence-corrected chi connectivity index (χ4v) is 3.05. The van der Waals surface area contributed by atoms with Crippen LogP contribution in [-0.4, -0.2) is 36.5 Å². The van der Waals surface area contributed by atoms with Gasteiger partial charge in [-0.1, -0.05) is 12.1 Å². The topological polar surface area (TPSA) is 80.3 Å². The van der Waals surface area contributed by atoms with Gasteiger partial charge in [0.15, 0.2) is 0 Å². The number of rotatable bonds is 4. The Balaban J connectivity index is 1.75. The third-order valence-corrected chi connectivity index (χ3v) is 4.45. The molecule has 0 radical (unpaired) electrons. The maximum Gasteiger partial charge on any atom is 0.263 e. The number of carbonyl (C=O) groups is 2. The molecule has 1 atom stereocenters. The lowest BCUT2D eigenvalue weighted by Crippen LogP contribution is -2.39. The van der Waals surface area contributed by atoms with Crippen molar-refractivity contribution in [3.63, 3.8) is 0 Å². The molecule has 0 spiro atoms. The molecule has 114 valence electrons. The first-order valence-corrected chi connectivity index (χ1v) is 7.68. The third-order valence-electron chi connectivity index (χ3n) is 3.40. The zero-order valence-electron chi connectivity index (χ0n) is 12.0. The molecule has 2 aromatic rings. The van der Waals surface area contributed by atoms with E-state index in [1.54, 1.807) is 7.11 Å². The number of ether oxygens (including phenoxy) is 1. The second-order valence-corrected chi connectivity index (χ2v) is 5.90. The highest BCUT2D eigenvalue weighted by Gasteiger charge is 2.26. The van der Waals surface area contributed by atoms with Crippen LogP contribution >= 0.6 is 11.3 Å². The third kappa shape index (κ3) is 2.94. The van der Waals surface area contributed by atoms with Gasteiger partial charge in [0.1, 0.15) is 21.7 Å². The Bertz CT molecular complexity index is 714. The maximum absolute atomic E-state index is 12.2. The summed E-state index contributed by atoms with van der Waals surface area (Å²) in [5.74, 6) is 0.334. The maximum atomic E-state index is 12.2. The molecular weight excluding hydrogens is 302 g/mol. The van der Waals surface area contributed by atoms with Crippen molar-refractivity contribution >= 4 is 23.2 Å². The molecule has 1 aliphatic rings. The summed E-state index contributed by atoms with van der Waals surface area (Å²) in [4.78, 5) is 28.4. The van der Waals surface area contributed by atoms with Crippen LogP contribution in [0.3, 0.4) is 0 Å². The molecule has 0 aliphatic carbocycles. The number of carbonyl (C=O) groups excluding carboxylic acids is 2. The normalized spacial score (nSPS) is 17.1. The Morgan fingerprint density at radius 2 is 2.36 bits per heavy atom. The minimum Gasteiger partial charge on any atom is -0.497 e. The van der Waals surface area contributed by atoms with Gasteiger partial charge in [0, 0.05) is 12.1 Å². The molecule has 2 amide bonds. The smallest absolute Gasteiger partial charge is 0.263 e. The van der Waals surface area contributed by atoms with Crippen LogP contribution in [0.4, 0.5) is 0 Å². The highest BCUT2D eigenvalue weighted by molar-refractivity contribution is 7.16. The van der Waals surface area contributed by atoms with E-state index < -0.39 is 6.04 Å². The van der Waals surface area contributed by atoms with Gasteiger partial charge >= 0.3 is 0 Å². The van der Waals surface area contributed by atoms with Gasteiger partial charge < -0.3 is 15.4 Å². The summed E-state index contributed by atoms with van der Waals surface area (Å²) in [5.41, 5.74) is 0.891. The number of nitrogens with zero attached hydrogens (tertiary/aromatic N) is 1. The van der Waals surface area contributed by atoms with Crippen molar-refractivity contribution in [1.29, 1.82) is 0 Å². The number of methoxy groups -OCH3 is 1. The molecule has 2 N–H and O–H groups in total. The van der Waals surface area contributed by atoms with Crippen LogP contribution in [0, 0.1) is 0 Å². The minimum atomic E-state index is -0.449. The minimum absolute atomic E-state index is 0.133. The van der Waals surface area contributed by atoms with E-state index in [0.717, 1.165) is 16.3 Å². The van der Waals surface area contributed by atoms with Gasteiger partial charge in [-0.05, 0) is 18.6 Å². The molecule has 22 heavy (non-hydrogen) atoms. The van der Waals surface area contributed by atoms with Gasteiger partial charge in [-0.15, -0.1) is 11.3 Å². The molecule has 0 unspecified atom stereocenters. The summed E-state index contributed by atoms with van der Waals surface area (Å²) in [6.07, 6.45) is 2.15. The lowest BCUT2D eigenvalue weighted by Gasteiger charge is -2.07. The first-order chi connectivity index (χ1) is 10.7. The average Bonchev–Trinajstić information content (AvgIpc) is 3.17. The molecule has 0 saturated carbocycles. The van der Waals surface area contributed by atoms with Crippen LogP contribution in [0.2, 0.25) is 0 Å². The Morgan fingerprint density at radius 1 is 1.50 bits per heavy atom. The Hall–Kier alpha value is -2.41. The van der Waals surface area contributed by atoms with Crippen molar-refractivity contribution in [3.8, 4) is 16.3 Å². The molecular formula is C15H15N3O3S. The molecule has 0 bridgehead atoms. The van der Waals surface area contributed by atoms with E-state index >= 15 is 0 Å². The first-order valence-electron chi connectivity index (χ1n) is 6.86. The summed E-state index contributed by atoms with van der Waals surface area (Å²) >= 11 is 1.29. The predicted octanol–water partition coefficient (Wildman–Crippen LogP) is 1.44. The van der Waals surface area contributed by atoms with Gasteiger partial charge in [0.2, 0.25) is 5.91 Å². The van der Waals surface area contributed by atoms with Crippen molar-refractivity contribution < 1.29 is 14.3 Å². The van der Waals surface area contributed by atoms with Crippen LogP contribution in [-0.2, 0) is 4.79 Å². The number of thiazole rings is 1. The largest absolute Gasteiger partial charge is 0.497 e. The standard InChI is InChI=1S/C15H15N3O3S/c1-21-10-4-2-3-9(7-10)15-17-8-12(22-15)14(20)18-11-5-6-16-13(11)19/h2-4,7-8,11H,5-6H2,1H3,(H,16,19)(H,18,20)/t11-/m0/s1. The Kier molecular flexibility index (Phi) is 4.06. The van der Waals surface area contributed by atoms with Crippen LogP contribution < -0.4 is 15.4 Å². The summed E-state index contributed by atoms with van der Waals surface area (Å²) in [6, 6.07) is 7.05. The predicted molar refractivity (Wildman–Crippen MR) is 83.0 cm³/mol. The second kappa shape index (κ2) is 6.15. The van der Waals surface area contributed by atoms with E-state index in [9.17, 15) is 9.59 Å². The van der Waals surface area contributed by atoms with E-state index in [4.69, 9.17) is 4.74 Å². The fourth-order valence-electron chi connectivity index (χ4n) is 2.23. The lowest BCUT2D eigenvalue weighted by atomic mass is 10.2. The van der Waals surface area contributed by atoms with Crippen molar-refractivity contribution in [2.24, 2.45) is 0 Å². The number of aromatic nitrogens is 1. The highest BCUT2D eigenvalue weighted by atomic mass is 32.1. The second-order valence-electron chi connectivity index (χ2n) is 4.87. The van der Waals surface area contributed by atoms with E-state index in [-0.39, 0.29) is 11.8 Å². The zero-order chi connectivity index (χ0) is 15.5. The van der Waals surface area contributed by atoms with Crippen LogP contribution in [0.15, 0.2) is 30.5 Å². The van der Waals surface area contributed by atoms with Crippen LogP contribution in [0.1, 0.15) is 16.1 Å². The van der Waals surface area contributed by atoms with E-state index in [1.807, 2.05) is 24.3 Å². The van der Waals surface area contributed by atoms with Gasteiger partial charge in [-0.2, -0.15) is 0 Å². The first kappa shape index (κ1) is 14.5. The molecule has 1 aliphatic heterocycles. The molecule has 1 saturated heterocycles. The molecule has 2 heterocycles. The molecule has 1 aromatic carbocycles. The Morgan fingerprint density at radius 3 is 3.09 bits per heavy atom. The molecule has 6 nitrogen and oxygen atoms in total. The van der Waals surface area contributed by atoms with Crippen LogP contribution in [0.5, 0.6) is 5.75 Å². The van der Waals surface area contributed by atoms with Crippen molar-refractivity contribution in [2.75, 3.05) is 13.7 Å². The SMILES string of the molecule is COc1cccc(-c2ncc(C(=O)N[C@H]3CCNC3=O)s2)c1. The van der Waals surface area contributed by atoms with Gasteiger partial charge in [0.05, 0.1) is 13.3 Å². The van der Waals surface area contributed by atoms with Gasteiger partial charge in [-0.3, -0.25) is 9.59 Å². The van der Waals surface area contributed by atoms with Gasteiger partial charge in [-0.25, -0.2) is 4.98 Å². The molecule has 1 aromatic heterocycles. The van der Waals surface area contributed by atoms with E-state index in [0.29, 0.717) is 17.8 Å². The Labute approximate surface area is 131 Å². The number of amides is 2. The summed E-state index contributed by atoms with van der Waals surface area (Å²) in [7, 11) is 1.60. The van der Waals surface area contributed by atoms with Gasteiger partial charge in [0.25, 0.3) is 5.91 Å². The lowest BCUT2D eigenvalue weighted by molar-refractivity contribution is -0.120. The average molecular weight is 317 g/mol. The number of hydrogen-bond donors (Lipinski definition) is 2. The number of hydrogen-bond acceptors (Lipinski definition) is 5. The molecule has 7 heteroatoms. The van der Waals surface area contributed by atoms with Crippen molar-refractivity contribution in [3.05, 3.63) is 35.3 Å². The highest BCUT2D eigenvalue weighted by Crippen LogP contribution is 2.27. The molecule has 1 fully saturated rings. The van der Waals surface area contributed by atoms with Crippen molar-refractivity contribution in [1.82, 2.24) is 15.6 Å². The fraction of sp³-hybridized carbons (Fsp3) is 0.267. The quantitative estimate of drug-likeness (QED) is 0.894.